The van der Waals surface area contributed by atoms with E-state index in [2.05, 4.69) is 35.6 Å². The van der Waals surface area contributed by atoms with Crippen LogP contribution in [0.25, 0.3) is 5.70 Å². The largest absolute Gasteiger partial charge is 0.493 e. The third-order valence-corrected chi connectivity index (χ3v) is 6.85. The van der Waals surface area contributed by atoms with E-state index in [9.17, 15) is 0 Å². The lowest BCUT2D eigenvalue weighted by Crippen LogP contribution is -3.13. The number of hydrogen-bond acceptors (Lipinski definition) is 4. The maximum atomic E-state index is 6.76. The second kappa shape index (κ2) is 7.24. The highest BCUT2D eigenvalue weighted by molar-refractivity contribution is 6.32. The Labute approximate surface area is 176 Å². The Balaban J connectivity index is 1.60. The van der Waals surface area contributed by atoms with Crippen LogP contribution in [-0.4, -0.2) is 37.5 Å². The fourth-order valence-corrected chi connectivity index (χ4v) is 5.09. The van der Waals surface area contributed by atoms with Gasteiger partial charge in [0.05, 0.1) is 51.3 Å². The number of hydrazine groups is 1. The Bertz CT molecular complexity index is 953. The monoisotopic (exact) mass is 412 g/mol. The number of hydrogen-bond donors (Lipinski definition) is 2. The molecular weight excluding hydrogens is 386 g/mol. The maximum absolute atomic E-state index is 6.76. The van der Waals surface area contributed by atoms with Crippen molar-refractivity contribution < 1.29 is 14.4 Å². The summed E-state index contributed by atoms with van der Waals surface area (Å²) in [6, 6.07) is 14.2. The first-order valence-electron chi connectivity index (χ1n) is 10.4. The van der Waals surface area contributed by atoms with Gasteiger partial charge in [0, 0.05) is 16.1 Å². The molecule has 1 atom stereocenters. The Morgan fingerprint density at radius 2 is 2.00 bits per heavy atom. The molecule has 2 aromatic rings. The van der Waals surface area contributed by atoms with Crippen molar-refractivity contribution in [2.24, 2.45) is 0 Å². The lowest BCUT2D eigenvalue weighted by Gasteiger charge is -2.50. The average molecular weight is 413 g/mol. The summed E-state index contributed by atoms with van der Waals surface area (Å²) in [4.78, 5) is 1.63. The second-order valence-corrected chi connectivity index (χ2v) is 8.42. The number of para-hydroxylation sites is 1. The van der Waals surface area contributed by atoms with E-state index < -0.39 is 5.72 Å². The molecule has 0 aromatic heterocycles. The molecule has 152 valence electrons. The van der Waals surface area contributed by atoms with E-state index in [1.807, 2.05) is 30.3 Å². The van der Waals surface area contributed by atoms with Crippen molar-refractivity contribution in [3.8, 4) is 11.5 Å². The van der Waals surface area contributed by atoms with E-state index in [1.54, 1.807) is 12.0 Å². The van der Waals surface area contributed by atoms with Gasteiger partial charge in [-0.15, -0.1) is 0 Å². The highest BCUT2D eigenvalue weighted by Crippen LogP contribution is 2.51. The summed E-state index contributed by atoms with van der Waals surface area (Å²) < 4.78 is 12.4. The van der Waals surface area contributed by atoms with Gasteiger partial charge in [0.2, 0.25) is 0 Å². The zero-order valence-corrected chi connectivity index (χ0v) is 17.6. The van der Waals surface area contributed by atoms with Crippen LogP contribution < -0.4 is 19.8 Å². The highest BCUT2D eigenvalue weighted by atomic mass is 35.5. The number of nitrogens with one attached hydrogen (secondary N) is 2. The molecule has 0 saturated carbocycles. The van der Waals surface area contributed by atoms with Crippen molar-refractivity contribution in [1.29, 1.82) is 0 Å². The normalized spacial score (nSPS) is 28.2. The van der Waals surface area contributed by atoms with E-state index in [0.717, 1.165) is 65.8 Å². The molecule has 0 bridgehead atoms. The Morgan fingerprint density at radius 3 is 2.72 bits per heavy atom. The molecular formula is C23H27ClN3O2+. The minimum atomic E-state index is -0.398. The number of methoxy groups -OCH3 is 1. The number of nitrogens with zero attached hydrogens (tertiary/aromatic N) is 1. The van der Waals surface area contributed by atoms with Crippen LogP contribution in [0.5, 0.6) is 11.5 Å². The van der Waals surface area contributed by atoms with Crippen molar-refractivity contribution in [1.82, 2.24) is 10.4 Å². The summed E-state index contributed by atoms with van der Waals surface area (Å²) in [5.41, 5.74) is 6.42. The zero-order chi connectivity index (χ0) is 20.0. The number of fused-ring (bicyclic) bond motifs is 4. The van der Waals surface area contributed by atoms with Gasteiger partial charge in [-0.1, -0.05) is 41.9 Å². The van der Waals surface area contributed by atoms with Gasteiger partial charge in [0.1, 0.15) is 0 Å². The molecule has 29 heavy (non-hydrogen) atoms. The molecule has 1 saturated heterocycles. The quantitative estimate of drug-likeness (QED) is 0.812. The highest BCUT2D eigenvalue weighted by Gasteiger charge is 2.53. The number of benzene rings is 2. The zero-order valence-electron chi connectivity index (χ0n) is 16.9. The van der Waals surface area contributed by atoms with Crippen LogP contribution >= 0.6 is 11.6 Å². The molecule has 5 nitrogen and oxygen atoms in total. The van der Waals surface area contributed by atoms with Gasteiger partial charge in [-0.25, -0.2) is 0 Å². The van der Waals surface area contributed by atoms with Crippen molar-refractivity contribution in [3.05, 3.63) is 64.7 Å². The van der Waals surface area contributed by atoms with Gasteiger partial charge in [0.15, 0.2) is 17.2 Å². The Hall–Kier alpha value is -2.21. The first-order chi connectivity index (χ1) is 14.1. The van der Waals surface area contributed by atoms with Crippen LogP contribution in [0, 0.1) is 0 Å². The van der Waals surface area contributed by atoms with Crippen LogP contribution in [0.1, 0.15) is 36.9 Å². The summed E-state index contributed by atoms with van der Waals surface area (Å²) in [7, 11) is 1.71. The number of ether oxygens (including phenoxy) is 2. The Morgan fingerprint density at radius 1 is 1.21 bits per heavy atom. The number of halogens is 1. The molecule has 5 rings (SSSR count). The van der Waals surface area contributed by atoms with Crippen molar-refractivity contribution in [2.45, 2.75) is 31.5 Å². The van der Waals surface area contributed by atoms with Crippen molar-refractivity contribution in [2.75, 3.05) is 26.7 Å². The second-order valence-electron chi connectivity index (χ2n) is 8.02. The van der Waals surface area contributed by atoms with E-state index in [4.69, 9.17) is 21.1 Å². The topological polar surface area (TPSA) is 38.2 Å². The van der Waals surface area contributed by atoms with Crippen molar-refractivity contribution >= 4 is 17.3 Å². The van der Waals surface area contributed by atoms with E-state index in [-0.39, 0.29) is 6.04 Å². The van der Waals surface area contributed by atoms with Gasteiger partial charge < -0.3 is 19.8 Å². The maximum Gasteiger partial charge on any atom is 0.191 e. The summed E-state index contributed by atoms with van der Waals surface area (Å²) in [5.74, 6) is 1.67. The van der Waals surface area contributed by atoms with Crippen LogP contribution in [0.3, 0.4) is 0 Å². The molecule has 2 N–H and O–H groups in total. The minimum Gasteiger partial charge on any atom is -0.493 e. The minimum absolute atomic E-state index is 0.0725. The molecule has 0 unspecified atom stereocenters. The molecule has 3 heterocycles. The Kier molecular flexibility index (Phi) is 4.69. The fraction of sp³-hybridized carbons (Fsp3) is 0.391. The molecule has 0 radical (unpaired) electrons. The third kappa shape index (κ3) is 3.00. The standard InChI is InChI=1S/C23H26ClN3O2/c1-3-26-13-11-23(12-14-26)27-20(17-8-6-10-21(28-2)22(17)29-23)15-19(25-27)16-7-4-5-9-18(16)24/h4-10,15,20,25H,3,11-14H2,1-2H3/p+1/t20-/m0/s1. The first kappa shape index (κ1) is 18.8. The SMILES string of the molecule is CC[NH+]1CCC2(CC1)Oc1c(OC)cccc1[C@@H]1C=C(c3ccccc3Cl)NN12. The number of likely N-dealkylation sites (tertiary alicyclic amines) is 1. The summed E-state index contributed by atoms with van der Waals surface area (Å²) in [6.45, 7) is 5.58. The molecule has 3 aliphatic rings. The molecule has 1 fully saturated rings. The predicted molar refractivity (Wildman–Crippen MR) is 114 cm³/mol. The van der Waals surface area contributed by atoms with Gasteiger partial charge in [-0.2, -0.15) is 5.01 Å². The molecule has 6 heteroatoms. The molecule has 3 aliphatic heterocycles. The van der Waals surface area contributed by atoms with Crippen molar-refractivity contribution in [3.63, 3.8) is 0 Å². The van der Waals surface area contributed by atoms with Crippen LogP contribution in [-0.2, 0) is 0 Å². The fourth-order valence-electron chi connectivity index (χ4n) is 4.85. The van der Waals surface area contributed by atoms with E-state index in [1.165, 1.54) is 0 Å². The van der Waals surface area contributed by atoms with E-state index >= 15 is 0 Å². The average Bonchev–Trinajstić information content (AvgIpc) is 3.21. The first-order valence-corrected chi connectivity index (χ1v) is 10.7. The van der Waals surface area contributed by atoms with Gasteiger partial charge in [-0.05, 0) is 25.1 Å². The lowest BCUT2D eigenvalue weighted by atomic mass is 9.92. The number of rotatable bonds is 3. The van der Waals surface area contributed by atoms with Gasteiger partial charge in [0.25, 0.3) is 0 Å². The van der Waals surface area contributed by atoms with Crippen LogP contribution in [0.2, 0.25) is 5.02 Å². The van der Waals surface area contributed by atoms with E-state index in [0.29, 0.717) is 0 Å². The number of piperidine rings is 1. The molecule has 0 aliphatic carbocycles. The van der Waals surface area contributed by atoms with Gasteiger partial charge >= 0.3 is 0 Å². The number of quaternary nitrogens is 1. The lowest BCUT2D eigenvalue weighted by molar-refractivity contribution is -0.906. The summed E-state index contributed by atoms with van der Waals surface area (Å²) in [5, 5.41) is 3.05. The molecule has 1 spiro atoms. The molecule has 0 amide bonds. The smallest absolute Gasteiger partial charge is 0.191 e. The third-order valence-electron chi connectivity index (χ3n) is 6.53. The summed E-state index contributed by atoms with van der Waals surface area (Å²) in [6.07, 6.45) is 4.18. The molecule has 2 aromatic carbocycles. The van der Waals surface area contributed by atoms with Crippen LogP contribution in [0.15, 0.2) is 48.5 Å². The summed E-state index contributed by atoms with van der Waals surface area (Å²) >= 11 is 6.51. The van der Waals surface area contributed by atoms with Gasteiger partial charge in [-0.3, -0.25) is 0 Å². The predicted octanol–water partition coefficient (Wildman–Crippen LogP) is 3.04. The van der Waals surface area contributed by atoms with Crippen LogP contribution in [0.4, 0.5) is 0 Å².